The zero-order valence-corrected chi connectivity index (χ0v) is 50.1. The van der Waals surface area contributed by atoms with E-state index >= 15 is 0 Å². The van der Waals surface area contributed by atoms with E-state index in [0.717, 1.165) is 180 Å². The van der Waals surface area contributed by atoms with Gasteiger partial charge >= 0.3 is 17.9 Å². The number of unbranched alkanes of at least 4 members (excludes halogenated alkanes) is 18. The molecule has 6 nitrogen and oxygen atoms in total. The van der Waals surface area contributed by atoms with E-state index in [4.69, 9.17) is 14.2 Å². The second kappa shape index (κ2) is 64.6. The van der Waals surface area contributed by atoms with Gasteiger partial charge in [-0.25, -0.2) is 0 Å². The van der Waals surface area contributed by atoms with E-state index in [1.54, 1.807) is 0 Å². The molecule has 0 radical (unpaired) electrons. The van der Waals surface area contributed by atoms with Crippen LogP contribution in [0, 0.1) is 0 Å². The van der Waals surface area contributed by atoms with Crippen molar-refractivity contribution >= 4 is 17.9 Å². The van der Waals surface area contributed by atoms with Crippen molar-refractivity contribution in [2.75, 3.05) is 13.2 Å². The molecule has 0 aromatic carbocycles. The lowest BCUT2D eigenvalue weighted by Gasteiger charge is -2.18. The van der Waals surface area contributed by atoms with E-state index in [-0.39, 0.29) is 31.1 Å². The smallest absolute Gasteiger partial charge is 0.306 e. The number of allylic oxidation sites excluding steroid dienone is 26. The van der Waals surface area contributed by atoms with Crippen LogP contribution in [0.15, 0.2) is 158 Å². The van der Waals surface area contributed by atoms with Crippen molar-refractivity contribution in [3.8, 4) is 0 Å². The first-order valence-electron chi connectivity index (χ1n) is 31.5. The Morgan fingerprint density at radius 2 is 0.500 bits per heavy atom. The van der Waals surface area contributed by atoms with Crippen LogP contribution in [0.5, 0.6) is 0 Å². The van der Waals surface area contributed by atoms with Crippen molar-refractivity contribution in [1.82, 2.24) is 0 Å². The van der Waals surface area contributed by atoms with Gasteiger partial charge in [0.15, 0.2) is 6.10 Å². The fourth-order valence-corrected chi connectivity index (χ4v) is 8.10. The third-order valence-corrected chi connectivity index (χ3v) is 12.7. The van der Waals surface area contributed by atoms with Crippen molar-refractivity contribution < 1.29 is 28.6 Å². The fourth-order valence-electron chi connectivity index (χ4n) is 8.10. The molecule has 6 heteroatoms. The summed E-state index contributed by atoms with van der Waals surface area (Å²) < 4.78 is 16.8. The molecule has 0 fully saturated rings. The summed E-state index contributed by atoms with van der Waals surface area (Å²) in [6, 6.07) is 0. The summed E-state index contributed by atoms with van der Waals surface area (Å²) in [6.07, 6.45) is 93.9. The van der Waals surface area contributed by atoms with Gasteiger partial charge in [0, 0.05) is 19.3 Å². The van der Waals surface area contributed by atoms with Crippen molar-refractivity contribution in [3.63, 3.8) is 0 Å². The highest BCUT2D eigenvalue weighted by atomic mass is 16.6. The van der Waals surface area contributed by atoms with Crippen LogP contribution in [-0.2, 0) is 28.6 Å². The van der Waals surface area contributed by atoms with Crippen LogP contribution < -0.4 is 0 Å². The quantitative estimate of drug-likeness (QED) is 0.0261. The van der Waals surface area contributed by atoms with E-state index in [2.05, 4.69) is 179 Å². The normalized spacial score (nSPS) is 13.2. The zero-order valence-electron chi connectivity index (χ0n) is 50.1. The van der Waals surface area contributed by atoms with Crippen LogP contribution in [0.2, 0.25) is 0 Å². The predicted molar refractivity (Wildman–Crippen MR) is 338 cm³/mol. The number of carbonyl (C=O) groups excluding carboxylic acids is 3. The Labute approximate surface area is 480 Å². The highest BCUT2D eigenvalue weighted by Crippen LogP contribution is 2.14. The minimum atomic E-state index is -0.804. The maximum Gasteiger partial charge on any atom is 0.306 e. The minimum Gasteiger partial charge on any atom is -0.462 e. The van der Waals surface area contributed by atoms with E-state index in [1.807, 2.05) is 0 Å². The highest BCUT2D eigenvalue weighted by molar-refractivity contribution is 5.71. The van der Waals surface area contributed by atoms with Crippen molar-refractivity contribution in [2.45, 2.75) is 264 Å². The van der Waals surface area contributed by atoms with Crippen LogP contribution in [0.3, 0.4) is 0 Å². The van der Waals surface area contributed by atoms with Gasteiger partial charge in [-0.3, -0.25) is 14.4 Å². The molecule has 1 unspecified atom stereocenters. The molecule has 0 aromatic rings. The lowest BCUT2D eigenvalue weighted by molar-refractivity contribution is -0.167. The van der Waals surface area contributed by atoms with Crippen molar-refractivity contribution in [3.05, 3.63) is 158 Å². The van der Waals surface area contributed by atoms with Gasteiger partial charge in [-0.2, -0.15) is 0 Å². The van der Waals surface area contributed by atoms with E-state index in [1.165, 1.54) is 38.5 Å². The topological polar surface area (TPSA) is 78.9 Å². The molecule has 0 aliphatic carbocycles. The van der Waals surface area contributed by atoms with Crippen LogP contribution in [0.1, 0.15) is 258 Å². The number of carbonyl (C=O) groups is 3. The number of hydrogen-bond acceptors (Lipinski definition) is 6. The lowest BCUT2D eigenvalue weighted by atomic mass is 10.1. The number of rotatable bonds is 55. The van der Waals surface area contributed by atoms with E-state index in [9.17, 15) is 14.4 Å². The Bertz CT molecular complexity index is 1760. The van der Waals surface area contributed by atoms with E-state index in [0.29, 0.717) is 19.3 Å². The summed E-state index contributed by atoms with van der Waals surface area (Å²) in [4.78, 5) is 38.2. The summed E-state index contributed by atoms with van der Waals surface area (Å²) in [6.45, 7) is 6.31. The second-order valence-electron chi connectivity index (χ2n) is 20.2. The molecular formula is C72H114O6. The first-order valence-corrected chi connectivity index (χ1v) is 31.5. The average molecular weight is 1080 g/mol. The van der Waals surface area contributed by atoms with Gasteiger partial charge in [-0.05, 0) is 141 Å². The molecule has 0 amide bonds. The second-order valence-corrected chi connectivity index (χ2v) is 20.2. The van der Waals surface area contributed by atoms with Gasteiger partial charge in [0.2, 0.25) is 0 Å². The van der Waals surface area contributed by atoms with Gasteiger partial charge in [-0.1, -0.05) is 256 Å². The maximum atomic E-state index is 12.9. The molecule has 0 aliphatic rings. The first kappa shape index (κ1) is 73.0. The molecular weight excluding hydrogens is 961 g/mol. The lowest BCUT2D eigenvalue weighted by Crippen LogP contribution is -2.30. The molecule has 1 atom stereocenters. The third kappa shape index (κ3) is 61.9. The summed E-state index contributed by atoms with van der Waals surface area (Å²) in [7, 11) is 0. The van der Waals surface area contributed by atoms with Gasteiger partial charge in [-0.15, -0.1) is 0 Å². The Kier molecular flexibility index (Phi) is 60.4. The third-order valence-electron chi connectivity index (χ3n) is 12.7. The summed E-state index contributed by atoms with van der Waals surface area (Å²) in [5, 5.41) is 0. The molecule has 78 heavy (non-hydrogen) atoms. The van der Waals surface area contributed by atoms with Crippen molar-refractivity contribution in [1.29, 1.82) is 0 Å². The monoisotopic (exact) mass is 1070 g/mol. The molecule has 0 saturated heterocycles. The highest BCUT2D eigenvalue weighted by Gasteiger charge is 2.19. The standard InChI is InChI=1S/C72H114O6/c1-4-7-10-13-16-19-22-24-26-28-30-32-33-34-35-36-37-38-39-41-42-44-46-48-50-53-56-59-62-65-71(74)77-68-69(67-76-70(73)64-61-58-55-52-21-18-15-12-9-6-3)78-72(75)66-63-60-57-54-51-49-47-45-43-40-31-29-27-25-23-20-17-14-11-8-5-2/h7-8,10-12,15-17,19-20,24-27,30-32,34-35,37-38,40-42,45,47,69H,4-6,9,13-14,18,21-23,28-29,33,36,39,43-44,46,48-68H2,1-3H3/b10-7-,11-8-,15-12-,19-16-,20-17-,26-24-,27-25-,32-30-,35-34-,38-37-,40-31-,42-41-,47-45-. The van der Waals surface area contributed by atoms with Crippen LogP contribution >= 0.6 is 0 Å². The summed E-state index contributed by atoms with van der Waals surface area (Å²) in [5.74, 6) is -0.946. The average Bonchev–Trinajstić information content (AvgIpc) is 3.44. The summed E-state index contributed by atoms with van der Waals surface area (Å²) in [5.41, 5.74) is 0. The van der Waals surface area contributed by atoms with Gasteiger partial charge in [0.1, 0.15) is 13.2 Å². The van der Waals surface area contributed by atoms with E-state index < -0.39 is 6.10 Å². The Hall–Kier alpha value is -4.97. The fraction of sp³-hybridized carbons (Fsp3) is 0.597. The molecule has 0 aromatic heterocycles. The maximum absolute atomic E-state index is 12.9. The molecule has 0 N–H and O–H groups in total. The van der Waals surface area contributed by atoms with Crippen LogP contribution in [0.4, 0.5) is 0 Å². The van der Waals surface area contributed by atoms with Gasteiger partial charge < -0.3 is 14.2 Å². The Morgan fingerprint density at radius 1 is 0.269 bits per heavy atom. The Balaban J connectivity index is 4.35. The SMILES string of the molecule is CC/C=C\C/C=C\C/C=C\C/C=C\C/C=C\C/C=C\C/C=C\CCCCCCCCCC(=O)OCC(COC(=O)CCCCCCC/C=C\CCC)OC(=O)CCCCCCC/C=C\C/C=C\C/C=C\C/C=C\C/C=C\CC. The van der Waals surface area contributed by atoms with Gasteiger partial charge in [0.05, 0.1) is 0 Å². The first-order chi connectivity index (χ1) is 38.5. The van der Waals surface area contributed by atoms with Gasteiger partial charge in [0.25, 0.3) is 0 Å². The zero-order chi connectivity index (χ0) is 56.4. The van der Waals surface area contributed by atoms with Crippen LogP contribution in [0.25, 0.3) is 0 Å². The largest absolute Gasteiger partial charge is 0.462 e. The van der Waals surface area contributed by atoms with Crippen LogP contribution in [-0.4, -0.2) is 37.2 Å². The molecule has 0 saturated carbocycles. The Morgan fingerprint density at radius 3 is 0.795 bits per heavy atom. The number of hydrogen-bond donors (Lipinski definition) is 0. The minimum absolute atomic E-state index is 0.100. The molecule has 0 aliphatic heterocycles. The molecule has 0 spiro atoms. The molecule has 0 bridgehead atoms. The van der Waals surface area contributed by atoms with Crippen molar-refractivity contribution in [2.24, 2.45) is 0 Å². The molecule has 0 heterocycles. The molecule has 438 valence electrons. The molecule has 0 rings (SSSR count). The predicted octanol–water partition coefficient (Wildman–Crippen LogP) is 21.7. The number of ether oxygens (including phenoxy) is 3. The number of esters is 3. The summed E-state index contributed by atoms with van der Waals surface area (Å²) >= 11 is 0.